The molecule has 3 nitrogen and oxygen atoms in total. The predicted octanol–water partition coefficient (Wildman–Crippen LogP) is 3.35. The van der Waals surface area contributed by atoms with E-state index in [0.717, 1.165) is 12.8 Å². The average Bonchev–Trinajstić information content (AvgIpc) is 1.98. The van der Waals surface area contributed by atoms with Crippen LogP contribution < -0.4 is 0 Å². The highest BCUT2D eigenvalue weighted by molar-refractivity contribution is 6.69. The molecule has 0 rings (SSSR count). The lowest BCUT2D eigenvalue weighted by molar-refractivity contribution is -0.143. The van der Waals surface area contributed by atoms with Crippen LogP contribution in [0.3, 0.4) is 0 Å². The summed E-state index contributed by atoms with van der Waals surface area (Å²) in [5.41, 5.74) is -0.128. The molecule has 0 aromatic carbocycles. The molecule has 0 heterocycles. The van der Waals surface area contributed by atoms with Gasteiger partial charge in [0.05, 0.1) is 12.2 Å². The molecular formula is C12H26O3Si. The summed E-state index contributed by atoms with van der Waals surface area (Å²) in [5.74, 6) is -0.105. The number of carbonyl (C=O) groups excluding carboxylic acids is 1. The van der Waals surface area contributed by atoms with Crippen molar-refractivity contribution < 1.29 is 14.0 Å². The quantitative estimate of drug-likeness (QED) is 0.510. The van der Waals surface area contributed by atoms with Crippen LogP contribution in [0.15, 0.2) is 0 Å². The molecule has 0 radical (unpaired) electrons. The molecule has 4 heteroatoms. The Morgan fingerprint density at radius 2 is 1.81 bits per heavy atom. The lowest BCUT2D eigenvalue weighted by Gasteiger charge is -2.33. The second kappa shape index (κ2) is 6.40. The summed E-state index contributed by atoms with van der Waals surface area (Å²) in [6.07, 6.45) is 2.22. The molecular weight excluding hydrogens is 220 g/mol. The third-order valence-corrected chi connectivity index (χ3v) is 3.21. The van der Waals surface area contributed by atoms with Crippen molar-refractivity contribution >= 4 is 14.3 Å². The van der Waals surface area contributed by atoms with Crippen molar-refractivity contribution in [1.29, 1.82) is 0 Å². The third kappa shape index (κ3) is 8.92. The van der Waals surface area contributed by atoms with E-state index < -0.39 is 8.32 Å². The first kappa shape index (κ1) is 15.6. The maximum absolute atomic E-state index is 11.2. The fourth-order valence-corrected chi connectivity index (χ4v) is 3.53. The normalized spacial score (nSPS) is 12.6. The number of hydrogen-bond donors (Lipinski definition) is 0. The lowest BCUT2D eigenvalue weighted by atomic mass is 10.0. The molecule has 0 atom stereocenters. The Morgan fingerprint density at radius 1 is 1.25 bits per heavy atom. The molecule has 16 heavy (non-hydrogen) atoms. The first-order valence-corrected chi connectivity index (χ1v) is 9.43. The number of carbonyl (C=O) groups is 1. The van der Waals surface area contributed by atoms with Crippen LogP contribution in [-0.2, 0) is 14.0 Å². The third-order valence-electron chi connectivity index (χ3n) is 2.05. The van der Waals surface area contributed by atoms with Crippen LogP contribution in [0.1, 0.15) is 40.0 Å². The molecule has 0 N–H and O–H groups in total. The molecule has 0 bridgehead atoms. The first-order valence-electron chi connectivity index (χ1n) is 6.02. The average molecular weight is 246 g/mol. The Balaban J connectivity index is 3.87. The Hall–Kier alpha value is -0.353. The van der Waals surface area contributed by atoms with Gasteiger partial charge in [0.25, 0.3) is 0 Å². The molecule has 0 aliphatic carbocycles. The highest BCUT2D eigenvalue weighted by atomic mass is 28.4. The van der Waals surface area contributed by atoms with Crippen LogP contribution in [0.25, 0.3) is 0 Å². The summed E-state index contributed by atoms with van der Waals surface area (Å²) < 4.78 is 10.9. The van der Waals surface area contributed by atoms with Gasteiger partial charge in [-0.25, -0.2) is 0 Å². The molecule has 0 saturated heterocycles. The van der Waals surface area contributed by atoms with E-state index in [-0.39, 0.29) is 11.6 Å². The van der Waals surface area contributed by atoms with E-state index in [4.69, 9.17) is 9.16 Å². The van der Waals surface area contributed by atoms with Gasteiger partial charge < -0.3 is 9.16 Å². The fraction of sp³-hybridized carbons (Fsp3) is 0.917. The Labute approximate surface area is 101 Å². The molecule has 0 unspecified atom stereocenters. The van der Waals surface area contributed by atoms with Gasteiger partial charge in [-0.3, -0.25) is 4.79 Å². The van der Waals surface area contributed by atoms with Gasteiger partial charge in [0.15, 0.2) is 8.32 Å². The molecule has 0 aliphatic rings. The van der Waals surface area contributed by atoms with Gasteiger partial charge in [-0.1, -0.05) is 0 Å². The molecule has 0 saturated carbocycles. The lowest BCUT2D eigenvalue weighted by Crippen LogP contribution is -2.38. The van der Waals surface area contributed by atoms with E-state index >= 15 is 0 Å². The summed E-state index contributed by atoms with van der Waals surface area (Å²) in [4.78, 5) is 11.2. The smallest absolute Gasteiger partial charge is 0.305 e. The van der Waals surface area contributed by atoms with E-state index in [9.17, 15) is 4.79 Å². The van der Waals surface area contributed by atoms with E-state index in [1.54, 1.807) is 0 Å². The van der Waals surface area contributed by atoms with E-state index in [0.29, 0.717) is 13.0 Å². The summed E-state index contributed by atoms with van der Waals surface area (Å²) in [6, 6.07) is 0. The summed E-state index contributed by atoms with van der Waals surface area (Å²) in [5, 5.41) is 0. The van der Waals surface area contributed by atoms with Gasteiger partial charge in [0.1, 0.15) is 0 Å². The molecule has 0 spiro atoms. The molecule has 0 aliphatic heterocycles. The Kier molecular flexibility index (Phi) is 6.26. The van der Waals surface area contributed by atoms with Crippen LogP contribution in [-0.4, -0.2) is 26.5 Å². The van der Waals surface area contributed by atoms with Gasteiger partial charge in [-0.15, -0.1) is 0 Å². The fourth-order valence-electron chi connectivity index (χ4n) is 1.77. The summed E-state index contributed by atoms with van der Waals surface area (Å²) in [6.45, 7) is 13.0. The standard InChI is InChI=1S/C12H26O3Si/c1-7-14-11(13)9-8-10-12(2,3)15-16(4,5)6/h7-10H2,1-6H3. The highest BCUT2D eigenvalue weighted by Gasteiger charge is 2.26. The van der Waals surface area contributed by atoms with Crippen LogP contribution >= 0.6 is 0 Å². The van der Waals surface area contributed by atoms with Crippen LogP contribution in [0, 0.1) is 0 Å². The van der Waals surface area contributed by atoms with Crippen molar-refractivity contribution in [2.75, 3.05) is 6.61 Å². The van der Waals surface area contributed by atoms with Crippen molar-refractivity contribution in [3.63, 3.8) is 0 Å². The van der Waals surface area contributed by atoms with Gasteiger partial charge in [-0.05, 0) is 53.3 Å². The highest BCUT2D eigenvalue weighted by Crippen LogP contribution is 2.23. The monoisotopic (exact) mass is 246 g/mol. The Bertz CT molecular complexity index is 219. The van der Waals surface area contributed by atoms with Gasteiger partial charge in [0.2, 0.25) is 0 Å². The van der Waals surface area contributed by atoms with Crippen molar-refractivity contribution in [2.45, 2.75) is 65.3 Å². The SMILES string of the molecule is CCOC(=O)CCCC(C)(C)O[Si](C)(C)C. The summed E-state index contributed by atoms with van der Waals surface area (Å²) >= 11 is 0. The Morgan fingerprint density at radius 3 is 2.25 bits per heavy atom. The van der Waals surface area contributed by atoms with Crippen molar-refractivity contribution in [2.24, 2.45) is 0 Å². The second-order valence-electron chi connectivity index (χ2n) is 5.63. The zero-order chi connectivity index (χ0) is 12.8. The minimum Gasteiger partial charge on any atom is -0.466 e. The molecule has 0 fully saturated rings. The van der Waals surface area contributed by atoms with E-state index in [1.807, 2.05) is 6.92 Å². The largest absolute Gasteiger partial charge is 0.466 e. The number of esters is 1. The van der Waals surface area contributed by atoms with E-state index in [1.165, 1.54) is 0 Å². The number of rotatable bonds is 7. The minimum absolute atomic E-state index is 0.105. The first-order chi connectivity index (χ1) is 7.16. The van der Waals surface area contributed by atoms with Crippen molar-refractivity contribution in [3.8, 4) is 0 Å². The number of hydrogen-bond acceptors (Lipinski definition) is 3. The maximum Gasteiger partial charge on any atom is 0.305 e. The molecule has 96 valence electrons. The van der Waals surface area contributed by atoms with Crippen molar-refractivity contribution in [3.05, 3.63) is 0 Å². The van der Waals surface area contributed by atoms with Gasteiger partial charge >= 0.3 is 5.97 Å². The van der Waals surface area contributed by atoms with E-state index in [2.05, 4.69) is 33.5 Å². The van der Waals surface area contributed by atoms with Gasteiger partial charge in [-0.2, -0.15) is 0 Å². The van der Waals surface area contributed by atoms with Crippen LogP contribution in [0.5, 0.6) is 0 Å². The second-order valence-corrected chi connectivity index (χ2v) is 10.1. The molecule has 0 aromatic rings. The zero-order valence-electron chi connectivity index (χ0n) is 11.6. The number of ether oxygens (including phenoxy) is 1. The van der Waals surface area contributed by atoms with Gasteiger partial charge in [0, 0.05) is 6.42 Å². The summed E-state index contributed by atoms with van der Waals surface area (Å²) in [7, 11) is -1.50. The molecule has 0 amide bonds. The molecule has 0 aromatic heterocycles. The topological polar surface area (TPSA) is 35.5 Å². The van der Waals surface area contributed by atoms with Crippen LogP contribution in [0.2, 0.25) is 19.6 Å². The van der Waals surface area contributed by atoms with Crippen molar-refractivity contribution in [1.82, 2.24) is 0 Å². The minimum atomic E-state index is -1.50. The maximum atomic E-state index is 11.2. The van der Waals surface area contributed by atoms with Crippen LogP contribution in [0.4, 0.5) is 0 Å². The zero-order valence-corrected chi connectivity index (χ0v) is 12.6. The predicted molar refractivity (Wildman–Crippen MR) is 69.0 cm³/mol.